The van der Waals surface area contributed by atoms with Crippen LogP contribution in [0.2, 0.25) is 0 Å². The lowest BCUT2D eigenvalue weighted by atomic mass is 10.3. The monoisotopic (exact) mass is 349 g/mol. The second kappa shape index (κ2) is 6.85. The van der Waals surface area contributed by atoms with Crippen LogP contribution in [-0.4, -0.2) is 17.5 Å². The van der Waals surface area contributed by atoms with Crippen molar-refractivity contribution < 1.29 is 14.0 Å². The molecule has 2 N–H and O–H groups in total. The summed E-state index contributed by atoms with van der Waals surface area (Å²) in [6.07, 6.45) is 1.50. The van der Waals surface area contributed by atoms with Crippen molar-refractivity contribution in [3.63, 3.8) is 0 Å². The minimum absolute atomic E-state index is 0.463. The van der Waals surface area contributed by atoms with Crippen LogP contribution >= 0.6 is 15.9 Å². The van der Waals surface area contributed by atoms with Crippen LogP contribution in [0.3, 0.4) is 0 Å². The fraction of sp³-hybridized carbons (Fsp3) is 0.0714. The number of carbonyl (C=O) groups is 2. The van der Waals surface area contributed by atoms with Gasteiger partial charge >= 0.3 is 11.8 Å². The minimum atomic E-state index is -0.858. The van der Waals surface area contributed by atoms with E-state index in [0.29, 0.717) is 17.2 Å². The quantitative estimate of drug-likeness (QED) is 0.507. The zero-order valence-corrected chi connectivity index (χ0v) is 12.7. The third-order valence-corrected chi connectivity index (χ3v) is 3.04. The Morgan fingerprint density at radius 1 is 1.14 bits per heavy atom. The average Bonchev–Trinajstić information content (AvgIpc) is 3.01. The number of carbonyl (C=O) groups excluding carboxylic acids is 2. The summed E-state index contributed by atoms with van der Waals surface area (Å²) in [5.74, 6) is -1.14. The first-order valence-electron chi connectivity index (χ1n) is 6.01. The van der Waals surface area contributed by atoms with Crippen LogP contribution in [0.1, 0.15) is 12.7 Å². The molecule has 2 aromatic rings. The highest BCUT2D eigenvalue weighted by atomic mass is 79.9. The second-order valence-corrected chi connectivity index (χ2v) is 4.99. The first-order chi connectivity index (χ1) is 10.1. The molecule has 0 unspecified atom stereocenters. The zero-order chi connectivity index (χ0) is 15.2. The Kier molecular flexibility index (Phi) is 4.89. The summed E-state index contributed by atoms with van der Waals surface area (Å²) < 4.78 is 5.99. The first-order valence-corrected chi connectivity index (χ1v) is 6.80. The molecule has 0 atom stereocenters. The summed E-state index contributed by atoms with van der Waals surface area (Å²) in [4.78, 5) is 23.3. The van der Waals surface area contributed by atoms with Crippen molar-refractivity contribution >= 4 is 39.1 Å². The number of nitrogens with one attached hydrogen (secondary N) is 2. The smallest absolute Gasteiger partial charge is 0.329 e. The molecule has 0 aliphatic heterocycles. The summed E-state index contributed by atoms with van der Waals surface area (Å²) in [6.45, 7) is 1.66. The van der Waals surface area contributed by atoms with Crippen molar-refractivity contribution in [1.82, 2.24) is 5.43 Å². The van der Waals surface area contributed by atoms with E-state index < -0.39 is 11.8 Å². The van der Waals surface area contributed by atoms with Crippen LogP contribution in [0, 0.1) is 0 Å². The van der Waals surface area contributed by atoms with Crippen LogP contribution in [0.15, 0.2) is 56.7 Å². The lowest BCUT2D eigenvalue weighted by Gasteiger charge is -2.04. The standard InChI is InChI=1S/C14H12BrN3O3/c1-9(12-3-2-8-21-12)17-18-14(20)13(19)16-11-6-4-10(15)5-7-11/h2-8H,1H3,(H,16,19)(H,18,20). The zero-order valence-electron chi connectivity index (χ0n) is 11.1. The molecule has 1 aromatic heterocycles. The average molecular weight is 350 g/mol. The van der Waals surface area contributed by atoms with E-state index in [1.54, 1.807) is 43.3 Å². The predicted octanol–water partition coefficient (Wildman–Crippen LogP) is 2.52. The van der Waals surface area contributed by atoms with E-state index in [-0.39, 0.29) is 0 Å². The number of hydrogen-bond donors (Lipinski definition) is 2. The van der Waals surface area contributed by atoms with E-state index in [1.807, 2.05) is 0 Å². The van der Waals surface area contributed by atoms with Crippen molar-refractivity contribution in [2.75, 3.05) is 5.32 Å². The lowest BCUT2D eigenvalue weighted by Crippen LogP contribution is -2.32. The molecule has 6 nitrogen and oxygen atoms in total. The molecule has 0 aliphatic carbocycles. The van der Waals surface area contributed by atoms with Crippen molar-refractivity contribution in [3.8, 4) is 0 Å². The van der Waals surface area contributed by atoms with Crippen LogP contribution < -0.4 is 10.7 Å². The lowest BCUT2D eigenvalue weighted by molar-refractivity contribution is -0.136. The summed E-state index contributed by atoms with van der Waals surface area (Å²) >= 11 is 3.28. The fourth-order valence-electron chi connectivity index (χ4n) is 1.45. The van der Waals surface area contributed by atoms with Gasteiger partial charge in [-0.1, -0.05) is 15.9 Å². The number of amides is 2. The molecular formula is C14H12BrN3O3. The molecule has 0 bridgehead atoms. The van der Waals surface area contributed by atoms with E-state index in [0.717, 1.165) is 4.47 Å². The number of nitrogens with zero attached hydrogens (tertiary/aromatic N) is 1. The van der Waals surface area contributed by atoms with E-state index >= 15 is 0 Å². The number of hydrogen-bond acceptors (Lipinski definition) is 4. The first kappa shape index (κ1) is 15.0. The van der Waals surface area contributed by atoms with Gasteiger partial charge in [0.05, 0.1) is 6.26 Å². The second-order valence-electron chi connectivity index (χ2n) is 4.08. The van der Waals surface area contributed by atoms with Gasteiger partial charge in [-0.3, -0.25) is 9.59 Å². The highest BCUT2D eigenvalue weighted by molar-refractivity contribution is 9.10. The number of furan rings is 1. The molecule has 2 rings (SSSR count). The van der Waals surface area contributed by atoms with Crippen LogP contribution in [0.4, 0.5) is 5.69 Å². The van der Waals surface area contributed by atoms with Gasteiger partial charge in [-0.05, 0) is 43.3 Å². The van der Waals surface area contributed by atoms with E-state index in [9.17, 15) is 9.59 Å². The Labute approximate surface area is 129 Å². The number of benzene rings is 1. The van der Waals surface area contributed by atoms with Gasteiger partial charge < -0.3 is 9.73 Å². The SMILES string of the molecule is CC(=NNC(=O)C(=O)Nc1ccc(Br)cc1)c1ccco1. The molecule has 108 valence electrons. The maximum absolute atomic E-state index is 11.7. The molecule has 0 spiro atoms. The summed E-state index contributed by atoms with van der Waals surface area (Å²) in [7, 11) is 0. The van der Waals surface area contributed by atoms with Gasteiger partial charge in [0.15, 0.2) is 0 Å². The van der Waals surface area contributed by atoms with Gasteiger partial charge in [0.25, 0.3) is 0 Å². The Morgan fingerprint density at radius 3 is 2.48 bits per heavy atom. The number of rotatable bonds is 3. The normalized spacial score (nSPS) is 11.0. The Hall–Kier alpha value is -2.41. The molecule has 0 aliphatic rings. The number of hydrazone groups is 1. The predicted molar refractivity (Wildman–Crippen MR) is 81.8 cm³/mol. The van der Waals surface area contributed by atoms with Crippen molar-refractivity contribution in [3.05, 3.63) is 52.9 Å². The van der Waals surface area contributed by atoms with Gasteiger partial charge in [0, 0.05) is 10.2 Å². The Bertz CT molecular complexity index is 663. The molecule has 2 amide bonds. The molecule has 0 saturated carbocycles. The summed E-state index contributed by atoms with van der Waals surface area (Å²) in [6, 6.07) is 10.3. The fourth-order valence-corrected chi connectivity index (χ4v) is 1.71. The molecule has 1 aromatic carbocycles. The topological polar surface area (TPSA) is 83.7 Å². The van der Waals surface area contributed by atoms with Crippen molar-refractivity contribution in [2.45, 2.75) is 6.92 Å². The third kappa shape index (κ3) is 4.28. The third-order valence-electron chi connectivity index (χ3n) is 2.51. The largest absolute Gasteiger partial charge is 0.463 e. The van der Waals surface area contributed by atoms with E-state index in [1.165, 1.54) is 6.26 Å². The van der Waals surface area contributed by atoms with Gasteiger partial charge in [-0.2, -0.15) is 5.10 Å². The van der Waals surface area contributed by atoms with Gasteiger partial charge in [-0.25, -0.2) is 5.43 Å². The maximum Gasteiger partial charge on any atom is 0.329 e. The van der Waals surface area contributed by atoms with Crippen LogP contribution in [-0.2, 0) is 9.59 Å². The van der Waals surface area contributed by atoms with Crippen molar-refractivity contribution in [2.24, 2.45) is 5.10 Å². The number of halogens is 1. The molecule has 0 fully saturated rings. The minimum Gasteiger partial charge on any atom is -0.463 e. The number of anilines is 1. The molecule has 7 heteroatoms. The Morgan fingerprint density at radius 2 is 1.86 bits per heavy atom. The maximum atomic E-state index is 11.7. The van der Waals surface area contributed by atoms with E-state index in [2.05, 4.69) is 31.8 Å². The molecule has 0 saturated heterocycles. The molecule has 0 radical (unpaired) electrons. The highest BCUT2D eigenvalue weighted by Gasteiger charge is 2.13. The highest BCUT2D eigenvalue weighted by Crippen LogP contribution is 2.13. The van der Waals surface area contributed by atoms with Crippen LogP contribution in [0.5, 0.6) is 0 Å². The molecule has 21 heavy (non-hydrogen) atoms. The van der Waals surface area contributed by atoms with Gasteiger partial charge in [0.2, 0.25) is 0 Å². The summed E-state index contributed by atoms with van der Waals surface area (Å²) in [5.41, 5.74) is 3.15. The summed E-state index contributed by atoms with van der Waals surface area (Å²) in [5, 5.41) is 6.26. The van der Waals surface area contributed by atoms with Crippen LogP contribution in [0.25, 0.3) is 0 Å². The van der Waals surface area contributed by atoms with Gasteiger partial charge in [-0.15, -0.1) is 0 Å². The van der Waals surface area contributed by atoms with Crippen molar-refractivity contribution in [1.29, 1.82) is 0 Å². The van der Waals surface area contributed by atoms with E-state index in [4.69, 9.17) is 4.42 Å². The molecule has 1 heterocycles. The van der Waals surface area contributed by atoms with Gasteiger partial charge in [0.1, 0.15) is 11.5 Å². The Balaban J connectivity index is 1.92. The molecular weight excluding hydrogens is 338 g/mol.